The molecule has 4 rings (SSSR count). The number of benzene rings is 1. The number of nitrogens with two attached hydrogens (primary N) is 1. The number of rotatable bonds is 6. The van der Waals surface area contributed by atoms with Gasteiger partial charge in [0.05, 0.1) is 6.04 Å². The number of carbonyl (C=O) groups excluding carboxylic acids is 2. The van der Waals surface area contributed by atoms with Crippen LogP contribution in [0.3, 0.4) is 0 Å². The Hall–Kier alpha value is -2.76. The molecule has 1 saturated heterocycles. The maximum atomic E-state index is 12.7. The maximum Gasteiger partial charge on any atom is 0.353 e. The van der Waals surface area contributed by atoms with Crippen molar-refractivity contribution < 1.29 is 19.5 Å². The summed E-state index contributed by atoms with van der Waals surface area (Å²) in [5, 5.41) is 20.0. The number of nitrogens with zero attached hydrogens (tertiary/aromatic N) is 3. The Morgan fingerprint density at radius 1 is 1.34 bits per heavy atom. The molecule has 9 nitrogen and oxygen atoms in total. The molecule has 2 aliphatic heterocycles. The fourth-order valence-corrected chi connectivity index (χ4v) is 5.20. The minimum Gasteiger partial charge on any atom is -0.477 e. The number of thioether (sulfide) groups is 1. The Labute approximate surface area is 174 Å². The predicted molar refractivity (Wildman–Crippen MR) is 106 cm³/mol. The third-order valence-electron chi connectivity index (χ3n) is 4.88. The highest BCUT2D eigenvalue weighted by atomic mass is 32.2. The van der Waals surface area contributed by atoms with E-state index < -0.39 is 35.9 Å². The van der Waals surface area contributed by atoms with E-state index in [1.165, 1.54) is 28.0 Å². The quantitative estimate of drug-likeness (QED) is 0.578. The second-order valence-corrected chi connectivity index (χ2v) is 8.75. The zero-order valence-electron chi connectivity index (χ0n) is 15.0. The number of allylic oxidation sites excluding steroid dienone is 1. The van der Waals surface area contributed by atoms with Crippen LogP contribution in [0.2, 0.25) is 0 Å². The normalized spacial score (nSPS) is 22.0. The molecule has 2 aromatic rings. The number of aromatic nitrogens is 2. The monoisotopic (exact) mass is 431 g/mol. The number of hydrogen-bond acceptors (Lipinski definition) is 8. The number of carboxylic acids is 1. The molecule has 0 saturated carbocycles. The topological polar surface area (TPSA) is 139 Å². The number of fused-ring (bicyclic) bond motifs is 1. The van der Waals surface area contributed by atoms with Crippen LogP contribution >= 0.6 is 23.1 Å². The van der Waals surface area contributed by atoms with Gasteiger partial charge in [0.15, 0.2) is 4.34 Å². The molecule has 1 aromatic carbocycles. The van der Waals surface area contributed by atoms with Gasteiger partial charge in [-0.1, -0.05) is 53.4 Å². The molecule has 1 aromatic heterocycles. The number of nitrogens with one attached hydrogen (secondary N) is 1. The molecule has 3 heterocycles. The van der Waals surface area contributed by atoms with Crippen LogP contribution in [0.1, 0.15) is 24.4 Å². The summed E-state index contributed by atoms with van der Waals surface area (Å²) < 4.78 is 0.615. The minimum atomic E-state index is -1.18. The van der Waals surface area contributed by atoms with Gasteiger partial charge in [0, 0.05) is 4.91 Å². The second kappa shape index (κ2) is 7.93. The third-order valence-corrected chi connectivity index (χ3v) is 6.81. The first-order valence-electron chi connectivity index (χ1n) is 8.82. The van der Waals surface area contributed by atoms with Crippen LogP contribution in [-0.4, -0.2) is 50.1 Å². The molecule has 0 spiro atoms. The SMILES string of the molecule is N[C@@H](C(=O)N[C@@H]1C(=O)N2C(C(=O)O)=C(Sc3nncs3)CC[C@H]12)c1ccccc1. The third kappa shape index (κ3) is 3.63. The van der Waals surface area contributed by atoms with E-state index in [-0.39, 0.29) is 5.70 Å². The summed E-state index contributed by atoms with van der Waals surface area (Å²) in [5.41, 5.74) is 8.14. The van der Waals surface area contributed by atoms with Gasteiger partial charge < -0.3 is 16.2 Å². The summed E-state index contributed by atoms with van der Waals surface area (Å²) in [4.78, 5) is 38.9. The van der Waals surface area contributed by atoms with E-state index in [0.717, 1.165) is 0 Å². The molecule has 150 valence electrons. The summed E-state index contributed by atoms with van der Waals surface area (Å²) in [6, 6.07) is 6.77. The lowest BCUT2D eigenvalue weighted by atomic mass is 9.86. The van der Waals surface area contributed by atoms with E-state index >= 15 is 0 Å². The molecule has 1 fully saturated rings. The lowest BCUT2D eigenvalue weighted by molar-refractivity contribution is -0.156. The van der Waals surface area contributed by atoms with E-state index in [1.807, 2.05) is 6.07 Å². The van der Waals surface area contributed by atoms with Crippen molar-refractivity contribution in [2.24, 2.45) is 5.73 Å². The van der Waals surface area contributed by atoms with Gasteiger partial charge in [-0.25, -0.2) is 4.79 Å². The summed E-state index contributed by atoms with van der Waals surface area (Å²) >= 11 is 2.51. The Morgan fingerprint density at radius 3 is 2.76 bits per heavy atom. The molecule has 0 radical (unpaired) electrons. The first-order chi connectivity index (χ1) is 14.0. The van der Waals surface area contributed by atoms with Crippen LogP contribution in [0, 0.1) is 0 Å². The standard InChI is InChI=1S/C18H17N5O4S2/c19-12(9-4-2-1-3-5-9)15(24)21-13-10-6-7-11(29-18-22-20-8-28-18)14(17(26)27)23(10)16(13)25/h1-5,8,10,12-13H,6-7,19H2,(H,21,24)(H,26,27)/t10-,12-,13+/m1/s1. The van der Waals surface area contributed by atoms with Gasteiger partial charge in [0.25, 0.3) is 5.91 Å². The van der Waals surface area contributed by atoms with Gasteiger partial charge >= 0.3 is 5.97 Å². The Balaban J connectivity index is 1.49. The van der Waals surface area contributed by atoms with Crippen molar-refractivity contribution >= 4 is 40.9 Å². The Morgan fingerprint density at radius 2 is 2.10 bits per heavy atom. The highest BCUT2D eigenvalue weighted by Gasteiger charge is 2.53. The molecule has 3 atom stereocenters. The fourth-order valence-electron chi connectivity index (χ4n) is 3.50. The Kier molecular flexibility index (Phi) is 5.35. The zero-order valence-corrected chi connectivity index (χ0v) is 16.7. The van der Waals surface area contributed by atoms with Crippen LogP contribution in [0.5, 0.6) is 0 Å². The lowest BCUT2D eigenvalue weighted by Crippen LogP contribution is -2.72. The smallest absolute Gasteiger partial charge is 0.353 e. The van der Waals surface area contributed by atoms with Crippen molar-refractivity contribution in [2.75, 3.05) is 0 Å². The molecule has 0 bridgehead atoms. The summed E-state index contributed by atoms with van der Waals surface area (Å²) in [6.07, 6.45) is 1.01. The van der Waals surface area contributed by atoms with Crippen LogP contribution in [0.25, 0.3) is 0 Å². The number of amides is 2. The molecule has 2 aliphatic rings. The van der Waals surface area contributed by atoms with Crippen molar-refractivity contribution in [1.82, 2.24) is 20.4 Å². The minimum absolute atomic E-state index is 0.0516. The number of aliphatic carboxylic acids is 1. The summed E-state index contributed by atoms with van der Waals surface area (Å²) in [7, 11) is 0. The van der Waals surface area contributed by atoms with Gasteiger partial charge in [-0.2, -0.15) is 0 Å². The number of hydrogen-bond donors (Lipinski definition) is 3. The van der Waals surface area contributed by atoms with Crippen LogP contribution in [0.15, 0.2) is 50.8 Å². The average molecular weight is 431 g/mol. The largest absolute Gasteiger partial charge is 0.477 e. The van der Waals surface area contributed by atoms with Crippen molar-refractivity contribution in [3.8, 4) is 0 Å². The predicted octanol–water partition coefficient (Wildman–Crippen LogP) is 1.12. The highest BCUT2D eigenvalue weighted by Crippen LogP contribution is 2.43. The van der Waals surface area contributed by atoms with Crippen molar-refractivity contribution in [3.63, 3.8) is 0 Å². The highest BCUT2D eigenvalue weighted by molar-refractivity contribution is 8.04. The second-order valence-electron chi connectivity index (χ2n) is 6.57. The van der Waals surface area contributed by atoms with E-state index in [0.29, 0.717) is 27.6 Å². The molecule has 29 heavy (non-hydrogen) atoms. The molecule has 4 N–H and O–H groups in total. The van der Waals surface area contributed by atoms with E-state index in [1.54, 1.807) is 29.8 Å². The van der Waals surface area contributed by atoms with Crippen LogP contribution in [-0.2, 0) is 14.4 Å². The molecule has 11 heteroatoms. The van der Waals surface area contributed by atoms with E-state index in [4.69, 9.17) is 5.73 Å². The van der Waals surface area contributed by atoms with Gasteiger partial charge in [-0.3, -0.25) is 14.5 Å². The number of β-lactam (4-membered cyclic amide) rings is 1. The van der Waals surface area contributed by atoms with Crippen molar-refractivity contribution in [1.29, 1.82) is 0 Å². The van der Waals surface area contributed by atoms with Gasteiger partial charge in [0.1, 0.15) is 23.3 Å². The molecule has 2 amide bonds. The Bertz CT molecular complexity index is 979. The lowest BCUT2D eigenvalue weighted by Gasteiger charge is -2.50. The summed E-state index contributed by atoms with van der Waals surface area (Å²) in [5.74, 6) is -2.10. The fraction of sp³-hybridized carbons (Fsp3) is 0.278. The van der Waals surface area contributed by atoms with E-state index in [9.17, 15) is 19.5 Å². The average Bonchev–Trinajstić information content (AvgIpc) is 3.24. The van der Waals surface area contributed by atoms with Crippen LogP contribution in [0.4, 0.5) is 0 Å². The number of carboxylic acid groups (broad SMARTS) is 1. The first-order valence-corrected chi connectivity index (χ1v) is 10.5. The zero-order chi connectivity index (χ0) is 20.5. The summed E-state index contributed by atoms with van der Waals surface area (Å²) in [6.45, 7) is 0. The van der Waals surface area contributed by atoms with Gasteiger partial charge in [-0.05, 0) is 18.4 Å². The molecule has 0 aliphatic carbocycles. The van der Waals surface area contributed by atoms with Gasteiger partial charge in [0.2, 0.25) is 5.91 Å². The first kappa shape index (κ1) is 19.6. The van der Waals surface area contributed by atoms with Crippen molar-refractivity contribution in [2.45, 2.75) is 35.3 Å². The van der Waals surface area contributed by atoms with Crippen LogP contribution < -0.4 is 11.1 Å². The molecular formula is C18H17N5O4S2. The molecular weight excluding hydrogens is 414 g/mol. The van der Waals surface area contributed by atoms with Gasteiger partial charge in [-0.15, -0.1) is 10.2 Å². The van der Waals surface area contributed by atoms with E-state index in [2.05, 4.69) is 15.5 Å². The molecule has 0 unspecified atom stereocenters. The van der Waals surface area contributed by atoms with Crippen molar-refractivity contribution in [3.05, 3.63) is 52.0 Å². The number of carbonyl (C=O) groups is 3. The maximum absolute atomic E-state index is 12.7.